The number of benzene rings is 2. The molecule has 0 heterocycles. The Kier molecular flexibility index (Phi) is 7.29. The summed E-state index contributed by atoms with van der Waals surface area (Å²) in [6.45, 7) is 2.67. The quantitative estimate of drug-likeness (QED) is 0.560. The summed E-state index contributed by atoms with van der Waals surface area (Å²) in [5.74, 6) is 1.42. The van der Waals surface area contributed by atoms with Crippen molar-refractivity contribution in [2.45, 2.75) is 13.3 Å². The standard InChI is InChI=1S/C19H21ClN2O4/c1-4-9-26-15-7-5-13(6-8-15)19(23)22-21-12-14-10-16(20)18(25-3)11-17(14)24-2/h5-8,10-12H,4,9H2,1-3H3,(H,22,23)/b21-12+. The van der Waals surface area contributed by atoms with E-state index >= 15 is 0 Å². The van der Waals surface area contributed by atoms with Crippen molar-refractivity contribution in [3.8, 4) is 17.2 Å². The van der Waals surface area contributed by atoms with Crippen LogP contribution in [0.2, 0.25) is 5.02 Å². The summed E-state index contributed by atoms with van der Waals surface area (Å²) in [6.07, 6.45) is 2.39. The molecule has 0 saturated carbocycles. The van der Waals surface area contributed by atoms with Crippen molar-refractivity contribution in [2.24, 2.45) is 5.10 Å². The number of hydrogen-bond donors (Lipinski definition) is 1. The molecular formula is C19H21ClN2O4. The van der Waals surface area contributed by atoms with Gasteiger partial charge in [-0.2, -0.15) is 5.10 Å². The van der Waals surface area contributed by atoms with Gasteiger partial charge in [0.05, 0.1) is 32.1 Å². The lowest BCUT2D eigenvalue weighted by atomic mass is 10.2. The van der Waals surface area contributed by atoms with Crippen LogP contribution in [-0.4, -0.2) is 32.9 Å². The molecule has 0 aliphatic heterocycles. The molecule has 0 unspecified atom stereocenters. The summed E-state index contributed by atoms with van der Waals surface area (Å²) < 4.78 is 15.9. The second-order valence-corrected chi connectivity index (χ2v) is 5.71. The molecule has 1 amide bonds. The number of nitrogens with zero attached hydrogens (tertiary/aromatic N) is 1. The van der Waals surface area contributed by atoms with Gasteiger partial charge in [0.25, 0.3) is 5.91 Å². The van der Waals surface area contributed by atoms with E-state index in [0.717, 1.165) is 12.2 Å². The Hall–Kier alpha value is -2.73. The Morgan fingerprint density at radius 3 is 2.46 bits per heavy atom. The number of methoxy groups -OCH3 is 2. The molecule has 6 nitrogen and oxygen atoms in total. The highest BCUT2D eigenvalue weighted by molar-refractivity contribution is 6.32. The van der Waals surface area contributed by atoms with E-state index in [4.69, 9.17) is 25.8 Å². The fraction of sp³-hybridized carbons (Fsp3) is 0.263. The Bertz CT molecular complexity index is 776. The topological polar surface area (TPSA) is 69.2 Å². The second-order valence-electron chi connectivity index (χ2n) is 5.30. The van der Waals surface area contributed by atoms with Gasteiger partial charge >= 0.3 is 0 Å². The van der Waals surface area contributed by atoms with Crippen molar-refractivity contribution in [2.75, 3.05) is 20.8 Å². The van der Waals surface area contributed by atoms with E-state index in [0.29, 0.717) is 34.3 Å². The van der Waals surface area contributed by atoms with Gasteiger partial charge in [-0.15, -0.1) is 0 Å². The number of nitrogens with one attached hydrogen (secondary N) is 1. The first-order chi connectivity index (χ1) is 12.6. The van der Waals surface area contributed by atoms with E-state index in [1.807, 2.05) is 6.92 Å². The zero-order valence-corrected chi connectivity index (χ0v) is 15.7. The molecule has 1 N–H and O–H groups in total. The number of amides is 1. The van der Waals surface area contributed by atoms with E-state index in [1.165, 1.54) is 20.4 Å². The summed E-state index contributed by atoms with van der Waals surface area (Å²) in [6, 6.07) is 10.2. The Morgan fingerprint density at radius 2 is 1.85 bits per heavy atom. The van der Waals surface area contributed by atoms with E-state index in [2.05, 4.69) is 10.5 Å². The second kappa shape index (κ2) is 9.68. The first-order valence-electron chi connectivity index (χ1n) is 8.06. The predicted molar refractivity (Wildman–Crippen MR) is 102 cm³/mol. The molecule has 0 atom stereocenters. The van der Waals surface area contributed by atoms with Crippen molar-refractivity contribution in [1.82, 2.24) is 5.43 Å². The van der Waals surface area contributed by atoms with E-state index in [-0.39, 0.29) is 5.91 Å². The summed E-state index contributed by atoms with van der Waals surface area (Å²) >= 11 is 6.11. The van der Waals surface area contributed by atoms with Gasteiger partial charge in [0, 0.05) is 17.2 Å². The molecule has 0 aliphatic carbocycles. The largest absolute Gasteiger partial charge is 0.496 e. The van der Waals surface area contributed by atoms with Crippen LogP contribution in [0.3, 0.4) is 0 Å². The zero-order valence-electron chi connectivity index (χ0n) is 14.9. The maximum atomic E-state index is 12.1. The number of halogens is 1. The summed E-state index contributed by atoms with van der Waals surface area (Å²) in [5.41, 5.74) is 3.56. The van der Waals surface area contributed by atoms with Crippen LogP contribution in [0.5, 0.6) is 17.2 Å². The van der Waals surface area contributed by atoms with Gasteiger partial charge in [-0.25, -0.2) is 5.43 Å². The van der Waals surface area contributed by atoms with Crippen molar-refractivity contribution in [3.05, 3.63) is 52.5 Å². The SMILES string of the molecule is CCCOc1ccc(C(=O)N/N=C/c2cc(Cl)c(OC)cc2OC)cc1. The Morgan fingerprint density at radius 1 is 1.15 bits per heavy atom. The number of hydrazone groups is 1. The Balaban J connectivity index is 2.03. The Labute approximate surface area is 157 Å². The van der Waals surface area contributed by atoms with Crippen LogP contribution in [-0.2, 0) is 0 Å². The molecule has 26 heavy (non-hydrogen) atoms. The first-order valence-corrected chi connectivity index (χ1v) is 8.44. The van der Waals surface area contributed by atoms with E-state index in [9.17, 15) is 4.79 Å². The lowest BCUT2D eigenvalue weighted by Crippen LogP contribution is -2.17. The maximum Gasteiger partial charge on any atom is 0.271 e. The minimum absolute atomic E-state index is 0.332. The summed E-state index contributed by atoms with van der Waals surface area (Å²) in [4.78, 5) is 12.1. The molecular weight excluding hydrogens is 356 g/mol. The van der Waals surface area contributed by atoms with Crippen molar-refractivity contribution in [3.63, 3.8) is 0 Å². The molecule has 7 heteroatoms. The van der Waals surface area contributed by atoms with Crippen LogP contribution < -0.4 is 19.6 Å². The highest BCUT2D eigenvalue weighted by Crippen LogP contribution is 2.31. The lowest BCUT2D eigenvalue weighted by Gasteiger charge is -2.09. The van der Waals surface area contributed by atoms with Gasteiger partial charge in [-0.3, -0.25) is 4.79 Å². The smallest absolute Gasteiger partial charge is 0.271 e. The average Bonchev–Trinajstić information content (AvgIpc) is 2.66. The molecule has 0 bridgehead atoms. The number of carbonyl (C=O) groups is 1. The van der Waals surface area contributed by atoms with E-state index < -0.39 is 0 Å². The molecule has 2 aromatic carbocycles. The van der Waals surface area contributed by atoms with Gasteiger partial charge in [-0.1, -0.05) is 18.5 Å². The lowest BCUT2D eigenvalue weighted by molar-refractivity contribution is 0.0955. The van der Waals surface area contributed by atoms with Gasteiger partial charge in [-0.05, 0) is 36.8 Å². The predicted octanol–water partition coefficient (Wildman–Crippen LogP) is 3.91. The number of ether oxygens (including phenoxy) is 3. The monoisotopic (exact) mass is 376 g/mol. The third kappa shape index (κ3) is 5.13. The van der Waals surface area contributed by atoms with Crippen LogP contribution >= 0.6 is 11.6 Å². The van der Waals surface area contributed by atoms with Crippen molar-refractivity contribution < 1.29 is 19.0 Å². The van der Waals surface area contributed by atoms with E-state index in [1.54, 1.807) is 36.4 Å². The molecule has 0 saturated heterocycles. The van der Waals surface area contributed by atoms with Crippen molar-refractivity contribution in [1.29, 1.82) is 0 Å². The normalized spacial score (nSPS) is 10.6. The first kappa shape index (κ1) is 19.6. The van der Waals surface area contributed by atoms with Crippen LogP contribution in [0.4, 0.5) is 0 Å². The van der Waals surface area contributed by atoms with Crippen LogP contribution in [0.1, 0.15) is 29.3 Å². The maximum absolute atomic E-state index is 12.1. The highest BCUT2D eigenvalue weighted by Gasteiger charge is 2.09. The molecule has 0 aliphatic rings. The average molecular weight is 377 g/mol. The fourth-order valence-electron chi connectivity index (χ4n) is 2.13. The summed E-state index contributed by atoms with van der Waals surface area (Å²) in [7, 11) is 3.05. The van der Waals surface area contributed by atoms with Crippen LogP contribution in [0.25, 0.3) is 0 Å². The number of carbonyl (C=O) groups excluding carboxylic acids is 1. The van der Waals surface area contributed by atoms with Gasteiger partial charge in [0.1, 0.15) is 17.2 Å². The molecule has 2 rings (SSSR count). The molecule has 2 aromatic rings. The summed E-state index contributed by atoms with van der Waals surface area (Å²) in [5, 5.41) is 4.38. The molecule has 0 spiro atoms. The zero-order chi connectivity index (χ0) is 18.9. The highest BCUT2D eigenvalue weighted by atomic mass is 35.5. The number of rotatable bonds is 8. The molecule has 0 aromatic heterocycles. The van der Waals surface area contributed by atoms with Gasteiger partial charge < -0.3 is 14.2 Å². The molecule has 0 fully saturated rings. The third-order valence-electron chi connectivity index (χ3n) is 3.46. The third-order valence-corrected chi connectivity index (χ3v) is 3.76. The fourth-order valence-corrected chi connectivity index (χ4v) is 2.38. The number of hydrogen-bond acceptors (Lipinski definition) is 5. The van der Waals surface area contributed by atoms with Gasteiger partial charge in [0.15, 0.2) is 0 Å². The molecule has 0 radical (unpaired) electrons. The minimum atomic E-state index is -0.332. The minimum Gasteiger partial charge on any atom is -0.496 e. The van der Waals surface area contributed by atoms with Gasteiger partial charge in [0.2, 0.25) is 0 Å². The van der Waals surface area contributed by atoms with Crippen LogP contribution in [0, 0.1) is 0 Å². The van der Waals surface area contributed by atoms with Crippen molar-refractivity contribution >= 4 is 23.7 Å². The van der Waals surface area contributed by atoms with Crippen LogP contribution in [0.15, 0.2) is 41.5 Å². The molecule has 138 valence electrons.